The van der Waals surface area contributed by atoms with Gasteiger partial charge in [-0.3, -0.25) is 0 Å². The largest absolute Gasteiger partial charge is 0.490 e. The van der Waals surface area contributed by atoms with Crippen molar-refractivity contribution < 1.29 is 13.9 Å². The molecule has 0 amide bonds. The van der Waals surface area contributed by atoms with E-state index in [4.69, 9.17) is 9.47 Å². The van der Waals surface area contributed by atoms with E-state index in [9.17, 15) is 4.39 Å². The number of hydrogen-bond donors (Lipinski definition) is 0. The average Bonchev–Trinajstić information content (AvgIpc) is 2.21. The zero-order valence-corrected chi connectivity index (χ0v) is 10.9. The lowest BCUT2D eigenvalue weighted by Gasteiger charge is -2.17. The molecule has 0 aliphatic carbocycles. The van der Waals surface area contributed by atoms with Gasteiger partial charge in [-0.2, -0.15) is 0 Å². The average molecular weight is 244 g/mol. The molecule has 0 N–H and O–H groups in total. The van der Waals surface area contributed by atoms with Gasteiger partial charge >= 0.3 is 0 Å². The maximum absolute atomic E-state index is 13.3. The molecule has 0 heterocycles. The first-order chi connectivity index (χ1) is 7.58. The van der Waals surface area contributed by atoms with Crippen LogP contribution < -0.4 is 9.47 Å². The highest BCUT2D eigenvalue weighted by Crippen LogP contribution is 2.38. The Labute approximate surface area is 100 Å². The van der Waals surface area contributed by atoms with Crippen LogP contribution in [-0.4, -0.2) is 19.0 Å². The molecule has 0 aliphatic heterocycles. The maximum atomic E-state index is 13.3. The van der Waals surface area contributed by atoms with Crippen molar-refractivity contribution in [1.82, 2.24) is 0 Å². The van der Waals surface area contributed by atoms with Crippen LogP contribution in [-0.2, 0) is 0 Å². The Morgan fingerprint density at radius 2 is 2.06 bits per heavy atom. The number of thioether (sulfide) groups is 1. The van der Waals surface area contributed by atoms with E-state index >= 15 is 0 Å². The smallest absolute Gasteiger partial charge is 0.175 e. The van der Waals surface area contributed by atoms with Gasteiger partial charge in [0.05, 0.1) is 17.6 Å². The van der Waals surface area contributed by atoms with Crippen LogP contribution in [0.4, 0.5) is 4.39 Å². The molecule has 90 valence electrons. The third-order valence-electron chi connectivity index (χ3n) is 1.86. The normalized spacial score (nSPS) is 10.6. The third-order valence-corrected chi connectivity index (χ3v) is 2.60. The van der Waals surface area contributed by atoms with E-state index in [2.05, 4.69) is 0 Å². The highest BCUT2D eigenvalue weighted by Gasteiger charge is 2.14. The van der Waals surface area contributed by atoms with Crippen molar-refractivity contribution in [3.05, 3.63) is 17.9 Å². The summed E-state index contributed by atoms with van der Waals surface area (Å²) in [6.45, 7) is 6.22. The van der Waals surface area contributed by atoms with Crippen LogP contribution in [0, 0.1) is 5.82 Å². The molecule has 1 rings (SSSR count). The van der Waals surface area contributed by atoms with Crippen molar-refractivity contribution in [2.45, 2.75) is 31.8 Å². The minimum Gasteiger partial charge on any atom is -0.490 e. The van der Waals surface area contributed by atoms with Crippen LogP contribution in [0.15, 0.2) is 17.0 Å². The van der Waals surface area contributed by atoms with Gasteiger partial charge in [-0.1, -0.05) is 0 Å². The summed E-state index contributed by atoms with van der Waals surface area (Å²) in [4.78, 5) is 0.761. The van der Waals surface area contributed by atoms with Gasteiger partial charge in [0.2, 0.25) is 0 Å². The van der Waals surface area contributed by atoms with Gasteiger partial charge in [-0.25, -0.2) is 4.39 Å². The van der Waals surface area contributed by atoms with Gasteiger partial charge in [0.1, 0.15) is 5.82 Å². The Hall–Kier alpha value is -0.900. The molecule has 0 bridgehead atoms. The monoisotopic (exact) mass is 244 g/mol. The highest BCUT2D eigenvalue weighted by atomic mass is 32.2. The Balaban J connectivity index is 3.15. The minimum absolute atomic E-state index is 0.0376. The first-order valence-electron chi connectivity index (χ1n) is 5.25. The molecule has 0 aliphatic rings. The Bertz CT molecular complexity index is 353. The molecule has 0 aromatic heterocycles. The fourth-order valence-corrected chi connectivity index (χ4v) is 1.88. The molecule has 1 aromatic rings. The van der Waals surface area contributed by atoms with Gasteiger partial charge in [0.15, 0.2) is 11.5 Å². The van der Waals surface area contributed by atoms with E-state index in [-0.39, 0.29) is 11.9 Å². The second-order valence-corrected chi connectivity index (χ2v) is 4.38. The summed E-state index contributed by atoms with van der Waals surface area (Å²) in [5.74, 6) is 0.801. The second kappa shape index (κ2) is 5.99. The molecule has 0 saturated heterocycles. The SMILES string of the molecule is CCOc1cc(F)cc(SC)c1OC(C)C. The molecule has 0 atom stereocenters. The summed E-state index contributed by atoms with van der Waals surface area (Å²) >= 11 is 1.45. The van der Waals surface area contributed by atoms with Crippen molar-refractivity contribution >= 4 is 11.8 Å². The lowest BCUT2D eigenvalue weighted by atomic mass is 10.3. The molecule has 0 fully saturated rings. The van der Waals surface area contributed by atoms with Crippen LogP contribution in [0.5, 0.6) is 11.5 Å². The molecular formula is C12H17FO2S. The minimum atomic E-state index is -0.302. The van der Waals surface area contributed by atoms with E-state index in [1.807, 2.05) is 27.0 Å². The summed E-state index contributed by atoms with van der Waals surface area (Å²) in [7, 11) is 0. The van der Waals surface area contributed by atoms with Gasteiger partial charge in [0, 0.05) is 6.07 Å². The summed E-state index contributed by atoms with van der Waals surface area (Å²) in [6, 6.07) is 2.83. The molecule has 16 heavy (non-hydrogen) atoms. The lowest BCUT2D eigenvalue weighted by Crippen LogP contribution is -2.08. The zero-order chi connectivity index (χ0) is 12.1. The van der Waals surface area contributed by atoms with Crippen molar-refractivity contribution in [1.29, 1.82) is 0 Å². The fourth-order valence-electron chi connectivity index (χ4n) is 1.31. The quantitative estimate of drug-likeness (QED) is 0.735. The number of benzene rings is 1. The van der Waals surface area contributed by atoms with E-state index in [0.29, 0.717) is 18.1 Å². The highest BCUT2D eigenvalue weighted by molar-refractivity contribution is 7.98. The standard InChI is InChI=1S/C12H17FO2S/c1-5-14-10-6-9(13)7-11(16-4)12(10)15-8(2)3/h6-8H,5H2,1-4H3. The number of hydrogen-bond acceptors (Lipinski definition) is 3. The van der Waals surface area contributed by atoms with Crippen LogP contribution in [0.25, 0.3) is 0 Å². The molecule has 1 aromatic carbocycles. The predicted octanol–water partition coefficient (Wildman–Crippen LogP) is 3.73. The van der Waals surface area contributed by atoms with Crippen molar-refractivity contribution in [2.24, 2.45) is 0 Å². The molecule has 4 heteroatoms. The van der Waals surface area contributed by atoms with Crippen LogP contribution in [0.3, 0.4) is 0 Å². The molecule has 0 radical (unpaired) electrons. The van der Waals surface area contributed by atoms with Crippen molar-refractivity contribution in [2.75, 3.05) is 12.9 Å². The number of rotatable bonds is 5. The molecule has 0 spiro atoms. The summed E-state index contributed by atoms with van der Waals surface area (Å²) in [5, 5.41) is 0. The Morgan fingerprint density at radius 1 is 1.38 bits per heavy atom. The van der Waals surface area contributed by atoms with Crippen LogP contribution in [0.2, 0.25) is 0 Å². The van der Waals surface area contributed by atoms with Crippen molar-refractivity contribution in [3.8, 4) is 11.5 Å². The first kappa shape index (κ1) is 13.2. The van der Waals surface area contributed by atoms with E-state index < -0.39 is 0 Å². The van der Waals surface area contributed by atoms with Crippen molar-refractivity contribution in [3.63, 3.8) is 0 Å². The van der Waals surface area contributed by atoms with Crippen LogP contribution >= 0.6 is 11.8 Å². The predicted molar refractivity (Wildman–Crippen MR) is 65.1 cm³/mol. The Kier molecular flexibility index (Phi) is 4.93. The van der Waals surface area contributed by atoms with Gasteiger partial charge in [0.25, 0.3) is 0 Å². The van der Waals surface area contributed by atoms with E-state index in [1.165, 1.54) is 23.9 Å². The molecule has 0 saturated carbocycles. The fraction of sp³-hybridized carbons (Fsp3) is 0.500. The zero-order valence-electron chi connectivity index (χ0n) is 10.0. The van der Waals surface area contributed by atoms with Gasteiger partial charge in [-0.15, -0.1) is 11.8 Å². The molecule has 0 unspecified atom stereocenters. The summed E-state index contributed by atoms with van der Waals surface area (Å²) in [5.41, 5.74) is 0. The summed E-state index contributed by atoms with van der Waals surface area (Å²) < 4.78 is 24.4. The number of halogens is 1. The topological polar surface area (TPSA) is 18.5 Å². The summed E-state index contributed by atoms with van der Waals surface area (Å²) in [6.07, 6.45) is 1.92. The van der Waals surface area contributed by atoms with Crippen LogP contribution in [0.1, 0.15) is 20.8 Å². The van der Waals surface area contributed by atoms with E-state index in [0.717, 1.165) is 4.90 Å². The number of ether oxygens (including phenoxy) is 2. The third kappa shape index (κ3) is 3.30. The lowest BCUT2D eigenvalue weighted by molar-refractivity contribution is 0.217. The molecule has 2 nitrogen and oxygen atoms in total. The Morgan fingerprint density at radius 3 is 2.56 bits per heavy atom. The van der Waals surface area contributed by atoms with Gasteiger partial charge in [-0.05, 0) is 33.1 Å². The second-order valence-electron chi connectivity index (χ2n) is 3.53. The van der Waals surface area contributed by atoms with Gasteiger partial charge < -0.3 is 9.47 Å². The molecular weight excluding hydrogens is 227 g/mol. The maximum Gasteiger partial charge on any atom is 0.175 e. The first-order valence-corrected chi connectivity index (χ1v) is 6.48. The van der Waals surface area contributed by atoms with E-state index in [1.54, 1.807) is 0 Å².